The molecule has 1 aromatic rings. The van der Waals surface area contributed by atoms with Crippen molar-refractivity contribution in [2.45, 2.75) is 39.5 Å². The summed E-state index contributed by atoms with van der Waals surface area (Å²) in [4.78, 5) is 0. The van der Waals surface area contributed by atoms with Crippen molar-refractivity contribution in [2.24, 2.45) is 0 Å². The molecule has 0 aliphatic carbocycles. The first-order valence-corrected chi connectivity index (χ1v) is 7.47. The topological polar surface area (TPSA) is 12.0 Å². The maximum Gasteiger partial charge on any atom is 0.146 e. The number of benzene rings is 1. The van der Waals surface area contributed by atoms with E-state index in [0.717, 1.165) is 17.2 Å². The van der Waals surface area contributed by atoms with Gasteiger partial charge in [-0.15, -0.1) is 11.8 Å². The van der Waals surface area contributed by atoms with Crippen molar-refractivity contribution in [3.8, 4) is 0 Å². The monoisotopic (exact) mass is 255 g/mol. The maximum atomic E-state index is 13.5. The Balaban J connectivity index is 2.14. The Kier molecular flexibility index (Phi) is 7.10. The lowest BCUT2D eigenvalue weighted by molar-refractivity contribution is 0.630. The molecule has 0 bridgehead atoms. The molecule has 0 radical (unpaired) electrons. The summed E-state index contributed by atoms with van der Waals surface area (Å²) in [6.45, 7) is 4.12. The molecular weight excluding hydrogens is 233 g/mol. The van der Waals surface area contributed by atoms with Gasteiger partial charge in [-0.1, -0.05) is 32.3 Å². The number of halogens is 1. The summed E-state index contributed by atoms with van der Waals surface area (Å²) in [6, 6.07) is 5.30. The minimum absolute atomic E-state index is 0.156. The molecule has 1 nitrogen and oxygen atoms in total. The molecule has 1 rings (SSSR count). The predicted molar refractivity (Wildman–Crippen MR) is 76.2 cm³/mol. The Labute approximate surface area is 108 Å². The molecule has 0 saturated heterocycles. The Morgan fingerprint density at radius 1 is 1.24 bits per heavy atom. The van der Waals surface area contributed by atoms with Gasteiger partial charge in [0.2, 0.25) is 0 Å². The van der Waals surface area contributed by atoms with Crippen molar-refractivity contribution in [1.29, 1.82) is 0 Å². The fraction of sp³-hybridized carbons (Fsp3) is 0.571. The van der Waals surface area contributed by atoms with E-state index in [0.29, 0.717) is 5.69 Å². The first kappa shape index (κ1) is 14.4. The third-order valence-corrected chi connectivity index (χ3v) is 3.56. The average Bonchev–Trinajstić information content (AvgIpc) is 2.30. The van der Waals surface area contributed by atoms with Gasteiger partial charge >= 0.3 is 0 Å². The number of unbranched alkanes of at least 4 members (excludes halogenated alkanes) is 3. The lowest BCUT2D eigenvalue weighted by Crippen LogP contribution is -2.01. The number of rotatable bonds is 8. The Bertz CT molecular complexity index is 328. The molecule has 1 N–H and O–H groups in total. The number of anilines is 1. The summed E-state index contributed by atoms with van der Waals surface area (Å²) < 4.78 is 13.5. The number of aryl methyl sites for hydroxylation is 1. The van der Waals surface area contributed by atoms with E-state index in [-0.39, 0.29) is 5.82 Å². The zero-order chi connectivity index (χ0) is 12.5. The van der Waals surface area contributed by atoms with Crippen LogP contribution in [0.2, 0.25) is 0 Å². The highest BCUT2D eigenvalue weighted by Crippen LogP contribution is 2.16. The number of hydrogen-bond acceptors (Lipinski definition) is 2. The fourth-order valence-electron chi connectivity index (χ4n) is 1.60. The van der Waals surface area contributed by atoms with Crippen molar-refractivity contribution < 1.29 is 4.39 Å². The van der Waals surface area contributed by atoms with E-state index in [1.807, 2.05) is 30.8 Å². The van der Waals surface area contributed by atoms with E-state index in [4.69, 9.17) is 0 Å². The van der Waals surface area contributed by atoms with Crippen LogP contribution in [0.25, 0.3) is 0 Å². The minimum Gasteiger partial charge on any atom is -0.374 e. The van der Waals surface area contributed by atoms with Crippen molar-refractivity contribution >= 4 is 17.4 Å². The molecule has 0 heterocycles. The van der Waals surface area contributed by atoms with Crippen LogP contribution in [0, 0.1) is 12.7 Å². The van der Waals surface area contributed by atoms with Gasteiger partial charge in [-0.05, 0) is 36.8 Å². The van der Waals surface area contributed by atoms with Crippen LogP contribution in [0.15, 0.2) is 18.2 Å². The number of nitrogens with one attached hydrogen (secondary N) is 1. The number of hydrogen-bond donors (Lipinski definition) is 1. The van der Waals surface area contributed by atoms with Gasteiger partial charge in [-0.25, -0.2) is 4.39 Å². The average molecular weight is 255 g/mol. The molecular formula is C14H22FNS. The third-order valence-electron chi connectivity index (χ3n) is 2.63. The lowest BCUT2D eigenvalue weighted by atomic mass is 10.2. The summed E-state index contributed by atoms with van der Waals surface area (Å²) in [7, 11) is 0. The van der Waals surface area contributed by atoms with Crippen LogP contribution in [-0.4, -0.2) is 11.6 Å². The number of thioether (sulfide) groups is 1. The highest BCUT2D eigenvalue weighted by Gasteiger charge is 2.00. The largest absolute Gasteiger partial charge is 0.374 e. The molecule has 0 aliphatic rings. The van der Waals surface area contributed by atoms with E-state index in [9.17, 15) is 4.39 Å². The van der Waals surface area contributed by atoms with Crippen LogP contribution < -0.4 is 5.32 Å². The van der Waals surface area contributed by atoms with E-state index in [2.05, 4.69) is 12.2 Å². The zero-order valence-electron chi connectivity index (χ0n) is 10.8. The molecule has 0 unspecified atom stereocenters. The van der Waals surface area contributed by atoms with Crippen molar-refractivity contribution in [2.75, 3.05) is 16.9 Å². The van der Waals surface area contributed by atoms with Crippen LogP contribution in [-0.2, 0) is 0 Å². The van der Waals surface area contributed by atoms with Gasteiger partial charge in [-0.2, -0.15) is 0 Å². The van der Waals surface area contributed by atoms with Crippen LogP contribution in [0.4, 0.5) is 10.1 Å². The summed E-state index contributed by atoms with van der Waals surface area (Å²) in [5, 5.41) is 3.12. The second kappa shape index (κ2) is 8.40. The van der Waals surface area contributed by atoms with Crippen LogP contribution in [0.5, 0.6) is 0 Å². The lowest BCUT2D eigenvalue weighted by Gasteiger charge is -2.07. The van der Waals surface area contributed by atoms with Crippen molar-refractivity contribution in [1.82, 2.24) is 0 Å². The van der Waals surface area contributed by atoms with Crippen LogP contribution in [0.1, 0.15) is 38.2 Å². The molecule has 3 heteroatoms. The highest BCUT2D eigenvalue weighted by molar-refractivity contribution is 7.99. The van der Waals surface area contributed by atoms with Gasteiger partial charge in [0.25, 0.3) is 0 Å². The fourth-order valence-corrected chi connectivity index (χ4v) is 2.41. The molecule has 0 atom stereocenters. The molecule has 1 aromatic carbocycles. The maximum absolute atomic E-state index is 13.5. The van der Waals surface area contributed by atoms with E-state index in [1.165, 1.54) is 25.7 Å². The summed E-state index contributed by atoms with van der Waals surface area (Å²) in [5.74, 6) is 1.78. The second-order valence-electron chi connectivity index (χ2n) is 4.27. The normalized spacial score (nSPS) is 10.5. The smallest absolute Gasteiger partial charge is 0.146 e. The molecule has 0 aliphatic heterocycles. The van der Waals surface area contributed by atoms with Crippen LogP contribution >= 0.6 is 11.8 Å². The van der Waals surface area contributed by atoms with Gasteiger partial charge in [0.1, 0.15) is 5.82 Å². The molecule has 0 fully saturated rings. The second-order valence-corrected chi connectivity index (χ2v) is 5.38. The molecule has 0 saturated carbocycles. The van der Waals surface area contributed by atoms with Gasteiger partial charge in [-0.3, -0.25) is 0 Å². The molecule has 0 spiro atoms. The standard InChI is InChI=1S/C14H22FNS/c1-3-4-5-6-9-17-11-16-14-8-7-12(2)10-13(14)15/h7-8,10,16H,3-6,9,11H2,1-2H3. The highest BCUT2D eigenvalue weighted by atomic mass is 32.2. The SMILES string of the molecule is CCCCCCSCNc1ccc(C)cc1F. The van der Waals surface area contributed by atoms with Crippen molar-refractivity contribution in [3.63, 3.8) is 0 Å². The first-order chi connectivity index (χ1) is 8.24. The zero-order valence-corrected chi connectivity index (χ0v) is 11.6. The summed E-state index contributed by atoms with van der Waals surface area (Å²) >= 11 is 1.83. The molecule has 96 valence electrons. The molecule has 17 heavy (non-hydrogen) atoms. The minimum atomic E-state index is -0.156. The van der Waals surface area contributed by atoms with Gasteiger partial charge in [0, 0.05) is 0 Å². The first-order valence-electron chi connectivity index (χ1n) is 6.32. The van der Waals surface area contributed by atoms with E-state index < -0.39 is 0 Å². The molecule has 0 amide bonds. The van der Waals surface area contributed by atoms with Gasteiger partial charge in [0.15, 0.2) is 0 Å². The van der Waals surface area contributed by atoms with Crippen LogP contribution in [0.3, 0.4) is 0 Å². The third kappa shape index (κ3) is 5.97. The van der Waals surface area contributed by atoms with Gasteiger partial charge < -0.3 is 5.32 Å². The van der Waals surface area contributed by atoms with E-state index >= 15 is 0 Å². The quantitative estimate of drug-likeness (QED) is 0.528. The summed E-state index contributed by atoms with van der Waals surface area (Å²) in [5.41, 5.74) is 1.57. The van der Waals surface area contributed by atoms with Gasteiger partial charge in [0.05, 0.1) is 11.6 Å². The Morgan fingerprint density at radius 2 is 2.06 bits per heavy atom. The predicted octanol–water partition coefficient (Wildman–Crippen LogP) is 4.82. The van der Waals surface area contributed by atoms with E-state index in [1.54, 1.807) is 6.07 Å². The summed E-state index contributed by atoms with van der Waals surface area (Å²) in [6.07, 6.45) is 5.16. The Hall–Kier alpha value is -0.700. The molecule has 0 aromatic heterocycles. The van der Waals surface area contributed by atoms with Crippen molar-refractivity contribution in [3.05, 3.63) is 29.6 Å². The Morgan fingerprint density at radius 3 is 2.76 bits per heavy atom.